The number of ether oxygens (including phenoxy) is 2. The van der Waals surface area contributed by atoms with E-state index >= 15 is 0 Å². The second kappa shape index (κ2) is 6.55. The Kier molecular flexibility index (Phi) is 5.36. The number of hydrogen-bond acceptors (Lipinski definition) is 4. The number of carboxylic acid groups (broad SMARTS) is 1. The zero-order valence-corrected chi connectivity index (χ0v) is 10.9. The van der Waals surface area contributed by atoms with Gasteiger partial charge in [-0.1, -0.05) is 0 Å². The van der Waals surface area contributed by atoms with E-state index in [1.807, 2.05) is 0 Å². The molecule has 7 nitrogen and oxygen atoms in total. The summed E-state index contributed by atoms with van der Waals surface area (Å²) in [7, 11) is 3.15. The molecule has 1 rings (SSSR count). The summed E-state index contributed by atoms with van der Waals surface area (Å²) in [5.74, 6) is -0.936. The molecule has 0 aliphatic carbocycles. The number of likely N-dealkylation sites (tertiary alicyclic amines) is 1. The van der Waals surface area contributed by atoms with E-state index in [1.54, 1.807) is 26.0 Å². The van der Waals surface area contributed by atoms with E-state index in [4.69, 9.17) is 14.6 Å². The van der Waals surface area contributed by atoms with Gasteiger partial charge in [0.15, 0.2) is 0 Å². The lowest BCUT2D eigenvalue weighted by Gasteiger charge is -2.19. The molecule has 1 saturated heterocycles. The molecule has 3 atom stereocenters. The smallest absolute Gasteiger partial charge is 0.317 e. The number of carboxylic acids is 1. The van der Waals surface area contributed by atoms with Gasteiger partial charge >= 0.3 is 12.0 Å². The molecule has 1 heterocycles. The minimum Gasteiger partial charge on any atom is -0.481 e. The minimum atomic E-state index is -0.936. The maximum absolute atomic E-state index is 11.9. The quantitative estimate of drug-likeness (QED) is 0.721. The number of aliphatic carboxylic acids is 1. The molecule has 1 fully saturated rings. The molecule has 1 aliphatic rings. The summed E-state index contributed by atoms with van der Waals surface area (Å²) in [5.41, 5.74) is 0. The van der Waals surface area contributed by atoms with Crippen LogP contribution in [-0.2, 0) is 14.3 Å². The predicted octanol–water partition coefficient (Wildman–Crippen LogP) is -0.0952. The van der Waals surface area contributed by atoms with Crippen molar-refractivity contribution in [2.24, 2.45) is 0 Å². The standard InChI is InChI=1S/C11H20N2O5/c1-7(4-10(14)15)12-11(16)13-5-8(17-2)9(6-13)18-3/h7-9H,4-6H2,1-3H3,(H,12,16)(H,14,15). The number of rotatable bonds is 5. The SMILES string of the molecule is COC1CN(C(=O)NC(C)CC(=O)O)CC1OC. The molecule has 0 saturated carbocycles. The van der Waals surface area contributed by atoms with Gasteiger partial charge < -0.3 is 24.8 Å². The van der Waals surface area contributed by atoms with Crippen molar-refractivity contribution in [1.29, 1.82) is 0 Å². The van der Waals surface area contributed by atoms with E-state index < -0.39 is 12.0 Å². The summed E-state index contributed by atoms with van der Waals surface area (Å²) in [5, 5.41) is 11.3. The fraction of sp³-hybridized carbons (Fsp3) is 0.818. The third-order valence-corrected chi connectivity index (χ3v) is 2.96. The Bertz CT molecular complexity index is 298. The maximum Gasteiger partial charge on any atom is 0.317 e. The Morgan fingerprint density at radius 3 is 2.22 bits per heavy atom. The normalized spacial score (nSPS) is 24.9. The first kappa shape index (κ1) is 14.7. The molecule has 18 heavy (non-hydrogen) atoms. The molecule has 0 spiro atoms. The fourth-order valence-electron chi connectivity index (χ4n) is 1.98. The highest BCUT2D eigenvalue weighted by Gasteiger charge is 2.35. The lowest BCUT2D eigenvalue weighted by Crippen LogP contribution is -2.44. The average Bonchev–Trinajstić information content (AvgIpc) is 2.70. The highest BCUT2D eigenvalue weighted by atomic mass is 16.5. The largest absolute Gasteiger partial charge is 0.481 e. The molecule has 2 amide bonds. The van der Waals surface area contributed by atoms with Crippen molar-refractivity contribution in [3.8, 4) is 0 Å². The first-order chi connectivity index (χ1) is 8.47. The molecular formula is C11H20N2O5. The number of amides is 2. The van der Waals surface area contributed by atoms with E-state index in [2.05, 4.69) is 5.32 Å². The summed E-state index contributed by atoms with van der Waals surface area (Å²) in [6, 6.07) is -0.692. The monoisotopic (exact) mass is 260 g/mol. The van der Waals surface area contributed by atoms with Crippen LogP contribution in [0.4, 0.5) is 4.79 Å². The van der Waals surface area contributed by atoms with E-state index in [-0.39, 0.29) is 24.7 Å². The van der Waals surface area contributed by atoms with Crippen molar-refractivity contribution < 1.29 is 24.2 Å². The van der Waals surface area contributed by atoms with Crippen molar-refractivity contribution in [2.75, 3.05) is 27.3 Å². The van der Waals surface area contributed by atoms with Crippen LogP contribution in [0.25, 0.3) is 0 Å². The van der Waals surface area contributed by atoms with Crippen LogP contribution in [0, 0.1) is 0 Å². The number of carbonyl (C=O) groups is 2. The summed E-state index contributed by atoms with van der Waals surface area (Å²) < 4.78 is 10.4. The lowest BCUT2D eigenvalue weighted by molar-refractivity contribution is -0.137. The van der Waals surface area contributed by atoms with Crippen molar-refractivity contribution in [2.45, 2.75) is 31.6 Å². The van der Waals surface area contributed by atoms with Crippen LogP contribution in [0.3, 0.4) is 0 Å². The number of methoxy groups -OCH3 is 2. The van der Waals surface area contributed by atoms with Crippen LogP contribution in [-0.4, -0.2) is 67.6 Å². The van der Waals surface area contributed by atoms with Crippen molar-refractivity contribution >= 4 is 12.0 Å². The highest BCUT2D eigenvalue weighted by molar-refractivity contribution is 5.76. The Hall–Kier alpha value is -1.34. The van der Waals surface area contributed by atoms with Crippen molar-refractivity contribution in [1.82, 2.24) is 10.2 Å². The Morgan fingerprint density at radius 1 is 1.33 bits per heavy atom. The van der Waals surface area contributed by atoms with Gasteiger partial charge in [-0.05, 0) is 6.92 Å². The number of carbonyl (C=O) groups excluding carboxylic acids is 1. The molecule has 7 heteroatoms. The maximum atomic E-state index is 11.9. The third kappa shape index (κ3) is 3.85. The fourth-order valence-corrected chi connectivity index (χ4v) is 1.98. The van der Waals surface area contributed by atoms with Crippen LogP contribution in [0.1, 0.15) is 13.3 Å². The summed E-state index contributed by atoms with van der Waals surface area (Å²) in [4.78, 5) is 23.9. The molecule has 3 unspecified atom stereocenters. The molecule has 104 valence electrons. The number of nitrogens with zero attached hydrogens (tertiary/aromatic N) is 1. The van der Waals surface area contributed by atoms with Gasteiger partial charge in [-0.15, -0.1) is 0 Å². The predicted molar refractivity (Wildman–Crippen MR) is 63.4 cm³/mol. The van der Waals surface area contributed by atoms with Gasteiger partial charge in [0.1, 0.15) is 12.2 Å². The zero-order chi connectivity index (χ0) is 13.7. The molecule has 0 aromatic rings. The number of urea groups is 1. The molecular weight excluding hydrogens is 240 g/mol. The van der Waals surface area contributed by atoms with E-state index in [0.29, 0.717) is 13.1 Å². The van der Waals surface area contributed by atoms with Crippen molar-refractivity contribution in [3.05, 3.63) is 0 Å². The van der Waals surface area contributed by atoms with Crippen LogP contribution in [0.5, 0.6) is 0 Å². The number of nitrogens with one attached hydrogen (secondary N) is 1. The Morgan fingerprint density at radius 2 is 1.83 bits per heavy atom. The van der Waals surface area contributed by atoms with Crippen LogP contribution in [0.15, 0.2) is 0 Å². The first-order valence-corrected chi connectivity index (χ1v) is 5.80. The topological polar surface area (TPSA) is 88.1 Å². The zero-order valence-electron chi connectivity index (χ0n) is 10.9. The van der Waals surface area contributed by atoms with Gasteiger partial charge in [0.05, 0.1) is 19.5 Å². The average molecular weight is 260 g/mol. The molecule has 0 bridgehead atoms. The van der Waals surface area contributed by atoms with Crippen LogP contribution in [0.2, 0.25) is 0 Å². The van der Waals surface area contributed by atoms with E-state index in [1.165, 1.54) is 0 Å². The Labute approximate surface area is 106 Å². The molecule has 1 aliphatic heterocycles. The van der Waals surface area contributed by atoms with Gasteiger partial charge in [0.25, 0.3) is 0 Å². The first-order valence-electron chi connectivity index (χ1n) is 5.80. The molecule has 0 aromatic carbocycles. The third-order valence-electron chi connectivity index (χ3n) is 2.96. The highest BCUT2D eigenvalue weighted by Crippen LogP contribution is 2.15. The summed E-state index contributed by atoms with van der Waals surface area (Å²) in [6.45, 7) is 2.55. The van der Waals surface area contributed by atoms with Gasteiger partial charge in [0.2, 0.25) is 0 Å². The van der Waals surface area contributed by atoms with E-state index in [9.17, 15) is 9.59 Å². The second-order valence-corrected chi connectivity index (χ2v) is 4.40. The molecule has 2 N–H and O–H groups in total. The van der Waals surface area contributed by atoms with Crippen molar-refractivity contribution in [3.63, 3.8) is 0 Å². The van der Waals surface area contributed by atoms with Crippen LogP contribution >= 0.6 is 0 Å². The molecule has 0 radical (unpaired) electrons. The van der Waals surface area contributed by atoms with Gasteiger partial charge in [-0.2, -0.15) is 0 Å². The minimum absolute atomic E-state index is 0.0962. The van der Waals surface area contributed by atoms with Crippen LogP contribution < -0.4 is 5.32 Å². The van der Waals surface area contributed by atoms with Gasteiger partial charge in [-0.3, -0.25) is 4.79 Å². The summed E-state index contributed by atoms with van der Waals surface area (Å²) in [6.07, 6.45) is -0.382. The number of hydrogen-bond donors (Lipinski definition) is 2. The van der Waals surface area contributed by atoms with Gasteiger partial charge in [-0.25, -0.2) is 4.79 Å². The Balaban J connectivity index is 2.46. The van der Waals surface area contributed by atoms with E-state index in [0.717, 1.165) is 0 Å². The van der Waals surface area contributed by atoms with Gasteiger partial charge in [0, 0.05) is 20.3 Å². The summed E-state index contributed by atoms with van der Waals surface area (Å²) >= 11 is 0. The molecule has 0 aromatic heterocycles. The lowest BCUT2D eigenvalue weighted by atomic mass is 10.2. The second-order valence-electron chi connectivity index (χ2n) is 4.40.